The summed E-state index contributed by atoms with van der Waals surface area (Å²) in [6, 6.07) is 8.23. The summed E-state index contributed by atoms with van der Waals surface area (Å²) in [5, 5.41) is 4.33. The van der Waals surface area contributed by atoms with E-state index in [-0.39, 0.29) is 0 Å². The standard InChI is InChI=1S/C12H14N4/c13-9-3-1-2-8(6-9)11-7-15-16(12(11)14)10-4-5-10/h1-3,6-7,10H,4-5,13-14H2. The van der Waals surface area contributed by atoms with Gasteiger partial charge in [-0.05, 0) is 30.5 Å². The molecule has 0 unspecified atom stereocenters. The number of benzene rings is 1. The molecule has 82 valence electrons. The number of aromatic nitrogens is 2. The van der Waals surface area contributed by atoms with Crippen LogP contribution in [0, 0.1) is 0 Å². The van der Waals surface area contributed by atoms with Crippen LogP contribution in [0.3, 0.4) is 0 Å². The van der Waals surface area contributed by atoms with E-state index < -0.39 is 0 Å². The van der Waals surface area contributed by atoms with Crippen molar-refractivity contribution in [3.8, 4) is 11.1 Å². The average Bonchev–Trinajstić information content (AvgIpc) is 3.03. The fourth-order valence-corrected chi connectivity index (χ4v) is 1.91. The molecular formula is C12H14N4. The zero-order valence-corrected chi connectivity index (χ0v) is 8.93. The first-order valence-electron chi connectivity index (χ1n) is 5.44. The largest absolute Gasteiger partial charge is 0.399 e. The van der Waals surface area contributed by atoms with Crippen molar-refractivity contribution in [1.29, 1.82) is 0 Å². The summed E-state index contributed by atoms with van der Waals surface area (Å²) in [6.45, 7) is 0. The Morgan fingerprint density at radius 3 is 2.75 bits per heavy atom. The molecule has 1 fully saturated rings. The number of nitrogens with two attached hydrogens (primary N) is 2. The second-order valence-electron chi connectivity index (χ2n) is 4.24. The first-order valence-corrected chi connectivity index (χ1v) is 5.44. The lowest BCUT2D eigenvalue weighted by atomic mass is 10.1. The van der Waals surface area contributed by atoms with E-state index in [1.807, 2.05) is 35.1 Å². The topological polar surface area (TPSA) is 69.9 Å². The van der Waals surface area contributed by atoms with E-state index in [1.54, 1.807) is 0 Å². The minimum atomic E-state index is 0.509. The van der Waals surface area contributed by atoms with Gasteiger partial charge in [-0.1, -0.05) is 12.1 Å². The Hall–Kier alpha value is -1.97. The normalized spacial score (nSPS) is 15.2. The van der Waals surface area contributed by atoms with Crippen LogP contribution in [0.5, 0.6) is 0 Å². The first-order chi connectivity index (χ1) is 7.75. The summed E-state index contributed by atoms with van der Waals surface area (Å²) >= 11 is 0. The Morgan fingerprint density at radius 1 is 1.25 bits per heavy atom. The van der Waals surface area contributed by atoms with Gasteiger partial charge in [0.1, 0.15) is 5.82 Å². The molecule has 0 aliphatic heterocycles. The van der Waals surface area contributed by atoms with E-state index in [4.69, 9.17) is 11.5 Å². The summed E-state index contributed by atoms with van der Waals surface area (Å²) < 4.78 is 1.92. The van der Waals surface area contributed by atoms with E-state index >= 15 is 0 Å². The van der Waals surface area contributed by atoms with Crippen molar-refractivity contribution >= 4 is 11.5 Å². The van der Waals surface area contributed by atoms with Crippen molar-refractivity contribution in [1.82, 2.24) is 9.78 Å². The van der Waals surface area contributed by atoms with Crippen LogP contribution in [0.25, 0.3) is 11.1 Å². The molecule has 4 nitrogen and oxygen atoms in total. The van der Waals surface area contributed by atoms with Gasteiger partial charge in [0.25, 0.3) is 0 Å². The Kier molecular flexibility index (Phi) is 1.89. The van der Waals surface area contributed by atoms with Gasteiger partial charge < -0.3 is 11.5 Å². The predicted molar refractivity (Wildman–Crippen MR) is 64.8 cm³/mol. The number of anilines is 2. The maximum absolute atomic E-state index is 6.09. The van der Waals surface area contributed by atoms with Crippen LogP contribution in [0.2, 0.25) is 0 Å². The lowest BCUT2D eigenvalue weighted by molar-refractivity contribution is 0.651. The van der Waals surface area contributed by atoms with E-state index in [0.29, 0.717) is 6.04 Å². The van der Waals surface area contributed by atoms with Crippen LogP contribution in [0.1, 0.15) is 18.9 Å². The fraction of sp³-hybridized carbons (Fsp3) is 0.250. The number of nitrogens with zero attached hydrogens (tertiary/aromatic N) is 2. The maximum atomic E-state index is 6.09. The smallest absolute Gasteiger partial charge is 0.129 e. The highest BCUT2D eigenvalue weighted by molar-refractivity contribution is 5.75. The van der Waals surface area contributed by atoms with Crippen molar-refractivity contribution in [3.63, 3.8) is 0 Å². The highest BCUT2D eigenvalue weighted by Gasteiger charge is 2.27. The number of nitrogen functional groups attached to an aromatic ring is 2. The first kappa shape index (κ1) is 9.27. The molecule has 0 amide bonds. The Morgan fingerprint density at radius 2 is 2.06 bits per heavy atom. The Bertz CT molecular complexity index is 526. The summed E-state index contributed by atoms with van der Waals surface area (Å²) in [4.78, 5) is 0. The van der Waals surface area contributed by atoms with Gasteiger partial charge in [0.2, 0.25) is 0 Å². The molecule has 0 radical (unpaired) electrons. The molecule has 0 atom stereocenters. The second kappa shape index (κ2) is 3.27. The van der Waals surface area contributed by atoms with E-state index in [1.165, 1.54) is 12.8 Å². The molecule has 16 heavy (non-hydrogen) atoms. The minimum Gasteiger partial charge on any atom is -0.399 e. The average molecular weight is 214 g/mol. The zero-order chi connectivity index (χ0) is 11.1. The summed E-state index contributed by atoms with van der Waals surface area (Å²) in [6.07, 6.45) is 4.19. The SMILES string of the molecule is Nc1cccc(-c2cnn(C3CC3)c2N)c1. The Balaban J connectivity index is 2.06. The number of rotatable bonds is 2. The molecular weight excluding hydrogens is 200 g/mol. The van der Waals surface area contributed by atoms with Gasteiger partial charge in [0.05, 0.1) is 12.2 Å². The molecule has 1 aliphatic carbocycles. The van der Waals surface area contributed by atoms with Crippen molar-refractivity contribution < 1.29 is 0 Å². The van der Waals surface area contributed by atoms with Gasteiger partial charge in [-0.2, -0.15) is 5.10 Å². The molecule has 1 aromatic heterocycles. The van der Waals surface area contributed by atoms with Gasteiger partial charge in [-0.25, -0.2) is 4.68 Å². The molecule has 3 rings (SSSR count). The van der Waals surface area contributed by atoms with Crippen molar-refractivity contribution in [2.45, 2.75) is 18.9 Å². The summed E-state index contributed by atoms with van der Waals surface area (Å²) in [7, 11) is 0. The lowest BCUT2D eigenvalue weighted by Gasteiger charge is -2.04. The molecule has 1 heterocycles. The highest BCUT2D eigenvalue weighted by atomic mass is 15.3. The molecule has 1 aliphatic rings. The zero-order valence-electron chi connectivity index (χ0n) is 8.93. The van der Waals surface area contributed by atoms with Crippen LogP contribution < -0.4 is 11.5 Å². The van der Waals surface area contributed by atoms with Gasteiger partial charge in [0.15, 0.2) is 0 Å². The van der Waals surface area contributed by atoms with Crippen LogP contribution in [-0.4, -0.2) is 9.78 Å². The van der Waals surface area contributed by atoms with Crippen LogP contribution >= 0.6 is 0 Å². The van der Waals surface area contributed by atoms with E-state index in [2.05, 4.69) is 5.10 Å². The fourth-order valence-electron chi connectivity index (χ4n) is 1.91. The number of hydrogen-bond donors (Lipinski definition) is 2. The van der Waals surface area contributed by atoms with E-state index in [0.717, 1.165) is 22.6 Å². The third-order valence-corrected chi connectivity index (χ3v) is 2.92. The molecule has 2 aromatic rings. The molecule has 0 saturated heterocycles. The second-order valence-corrected chi connectivity index (χ2v) is 4.24. The lowest BCUT2D eigenvalue weighted by Crippen LogP contribution is -2.02. The van der Waals surface area contributed by atoms with E-state index in [9.17, 15) is 0 Å². The van der Waals surface area contributed by atoms with Crippen molar-refractivity contribution in [2.24, 2.45) is 0 Å². The van der Waals surface area contributed by atoms with Crippen molar-refractivity contribution in [3.05, 3.63) is 30.5 Å². The summed E-state index contributed by atoms with van der Waals surface area (Å²) in [5.41, 5.74) is 14.6. The van der Waals surface area contributed by atoms with Gasteiger partial charge in [0, 0.05) is 11.3 Å². The van der Waals surface area contributed by atoms with Gasteiger partial charge in [-0.3, -0.25) is 0 Å². The molecule has 1 saturated carbocycles. The summed E-state index contributed by atoms with van der Waals surface area (Å²) in [5.74, 6) is 0.744. The molecule has 0 spiro atoms. The molecule has 0 bridgehead atoms. The predicted octanol–water partition coefficient (Wildman–Crippen LogP) is 2.05. The Labute approximate surface area is 93.9 Å². The third kappa shape index (κ3) is 1.43. The molecule has 1 aromatic carbocycles. The minimum absolute atomic E-state index is 0.509. The van der Waals surface area contributed by atoms with Crippen LogP contribution in [-0.2, 0) is 0 Å². The molecule has 4 N–H and O–H groups in total. The van der Waals surface area contributed by atoms with Crippen LogP contribution in [0.4, 0.5) is 11.5 Å². The quantitative estimate of drug-likeness (QED) is 0.752. The molecule has 4 heteroatoms. The van der Waals surface area contributed by atoms with Crippen LogP contribution in [0.15, 0.2) is 30.5 Å². The number of hydrogen-bond acceptors (Lipinski definition) is 3. The third-order valence-electron chi connectivity index (χ3n) is 2.92. The van der Waals surface area contributed by atoms with Crippen molar-refractivity contribution in [2.75, 3.05) is 11.5 Å². The highest BCUT2D eigenvalue weighted by Crippen LogP contribution is 2.38. The monoisotopic (exact) mass is 214 g/mol. The maximum Gasteiger partial charge on any atom is 0.129 e. The van der Waals surface area contributed by atoms with Gasteiger partial charge in [-0.15, -0.1) is 0 Å². The van der Waals surface area contributed by atoms with Gasteiger partial charge >= 0.3 is 0 Å².